The number of hydrogen-bond donors (Lipinski definition) is 2. The summed E-state index contributed by atoms with van der Waals surface area (Å²) in [6, 6.07) is 17.0. The fraction of sp³-hybridized carbons (Fsp3) is 0.130. The zero-order chi connectivity index (χ0) is 23.3. The Morgan fingerprint density at radius 2 is 1.59 bits per heavy atom. The quantitative estimate of drug-likeness (QED) is 0.477. The van der Waals surface area contributed by atoms with Gasteiger partial charge in [-0.05, 0) is 67.9 Å². The number of esters is 1. The lowest BCUT2D eigenvalue weighted by molar-refractivity contribution is 0.0526. The molecule has 0 heterocycles. The lowest BCUT2D eigenvalue weighted by atomic mass is 10.1. The van der Waals surface area contributed by atoms with E-state index in [1.165, 1.54) is 42.5 Å². The number of aryl methyl sites for hydroxylation is 1. The predicted molar refractivity (Wildman–Crippen MR) is 124 cm³/mol. The number of rotatable bonds is 7. The van der Waals surface area contributed by atoms with Crippen molar-refractivity contribution in [3.05, 3.63) is 88.4 Å². The number of sulfonamides is 1. The second-order valence-corrected chi connectivity index (χ2v) is 8.91. The van der Waals surface area contributed by atoms with Crippen LogP contribution in [0.25, 0.3) is 0 Å². The van der Waals surface area contributed by atoms with Crippen LogP contribution in [0.2, 0.25) is 5.02 Å². The van der Waals surface area contributed by atoms with Crippen molar-refractivity contribution in [2.45, 2.75) is 18.7 Å². The van der Waals surface area contributed by atoms with Gasteiger partial charge >= 0.3 is 5.97 Å². The Hall–Kier alpha value is -3.36. The van der Waals surface area contributed by atoms with Gasteiger partial charge in [0.1, 0.15) is 0 Å². The zero-order valence-electron chi connectivity index (χ0n) is 17.4. The summed E-state index contributed by atoms with van der Waals surface area (Å²) in [4.78, 5) is 24.6. The maximum atomic E-state index is 12.7. The Bertz CT molecular complexity index is 1260. The molecule has 1 amide bonds. The van der Waals surface area contributed by atoms with Gasteiger partial charge in [-0.2, -0.15) is 0 Å². The molecular weight excluding hydrogens is 452 g/mol. The third kappa shape index (κ3) is 5.46. The third-order valence-electron chi connectivity index (χ3n) is 4.51. The molecule has 3 rings (SSSR count). The van der Waals surface area contributed by atoms with Gasteiger partial charge in [0, 0.05) is 5.56 Å². The summed E-state index contributed by atoms with van der Waals surface area (Å²) < 4.78 is 32.5. The van der Waals surface area contributed by atoms with E-state index in [1.54, 1.807) is 38.1 Å². The van der Waals surface area contributed by atoms with Gasteiger partial charge in [-0.15, -0.1) is 0 Å². The molecule has 166 valence electrons. The number of anilines is 2. The van der Waals surface area contributed by atoms with E-state index in [0.29, 0.717) is 22.5 Å². The van der Waals surface area contributed by atoms with Crippen LogP contribution in [0.15, 0.2) is 71.6 Å². The summed E-state index contributed by atoms with van der Waals surface area (Å²) in [6.07, 6.45) is 0. The molecule has 9 heteroatoms. The molecule has 0 radical (unpaired) electrons. The summed E-state index contributed by atoms with van der Waals surface area (Å²) in [5, 5.41) is 2.87. The summed E-state index contributed by atoms with van der Waals surface area (Å²) >= 11 is 6.19. The van der Waals surface area contributed by atoms with Crippen molar-refractivity contribution >= 4 is 44.9 Å². The highest BCUT2D eigenvalue weighted by Gasteiger charge is 2.17. The van der Waals surface area contributed by atoms with Crippen LogP contribution in [0, 0.1) is 6.92 Å². The standard InChI is InChI=1S/C23H21ClN2O5S/c1-3-31-23(28)17-10-12-21(19(24)14-17)25-22(27)16-9-11-20(15(2)13-16)26-32(29,30)18-7-5-4-6-8-18/h4-14,26H,3H2,1-2H3,(H,25,27). The van der Waals surface area contributed by atoms with Gasteiger partial charge in [0.15, 0.2) is 0 Å². The topological polar surface area (TPSA) is 102 Å². The van der Waals surface area contributed by atoms with Gasteiger partial charge in [-0.25, -0.2) is 13.2 Å². The van der Waals surface area contributed by atoms with Gasteiger partial charge in [0.25, 0.3) is 15.9 Å². The van der Waals surface area contributed by atoms with Crippen LogP contribution >= 0.6 is 11.6 Å². The van der Waals surface area contributed by atoms with Gasteiger partial charge in [-0.3, -0.25) is 9.52 Å². The molecule has 0 bridgehead atoms. The molecule has 0 aliphatic rings. The van der Waals surface area contributed by atoms with Crippen LogP contribution in [0.3, 0.4) is 0 Å². The van der Waals surface area contributed by atoms with E-state index in [2.05, 4.69) is 10.0 Å². The lowest BCUT2D eigenvalue weighted by Gasteiger charge is -2.13. The summed E-state index contributed by atoms with van der Waals surface area (Å²) in [5.74, 6) is -0.937. The zero-order valence-corrected chi connectivity index (χ0v) is 19.0. The van der Waals surface area contributed by atoms with E-state index in [-0.39, 0.29) is 22.1 Å². The molecule has 7 nitrogen and oxygen atoms in total. The SMILES string of the molecule is CCOC(=O)c1ccc(NC(=O)c2ccc(NS(=O)(=O)c3ccccc3)c(C)c2)c(Cl)c1. The first-order valence-electron chi connectivity index (χ1n) is 9.68. The molecule has 0 saturated heterocycles. The molecule has 0 saturated carbocycles. The molecular formula is C23H21ClN2O5S. The second-order valence-electron chi connectivity index (χ2n) is 6.82. The van der Waals surface area contributed by atoms with E-state index in [4.69, 9.17) is 16.3 Å². The molecule has 0 spiro atoms. The number of benzene rings is 3. The van der Waals surface area contributed by atoms with Crippen molar-refractivity contribution in [2.24, 2.45) is 0 Å². The van der Waals surface area contributed by atoms with E-state index in [0.717, 1.165) is 0 Å². The number of nitrogens with one attached hydrogen (secondary N) is 2. The normalized spacial score (nSPS) is 11.0. The van der Waals surface area contributed by atoms with Crippen molar-refractivity contribution in [2.75, 3.05) is 16.6 Å². The van der Waals surface area contributed by atoms with Crippen LogP contribution in [0.5, 0.6) is 0 Å². The number of halogens is 1. The van der Waals surface area contributed by atoms with E-state index >= 15 is 0 Å². The number of carbonyl (C=O) groups is 2. The van der Waals surface area contributed by atoms with Crippen LogP contribution in [0.1, 0.15) is 33.2 Å². The highest BCUT2D eigenvalue weighted by atomic mass is 35.5. The summed E-state index contributed by atoms with van der Waals surface area (Å²) in [5.41, 5.74) is 1.86. The highest BCUT2D eigenvalue weighted by Crippen LogP contribution is 2.25. The molecule has 0 aliphatic heterocycles. The van der Waals surface area contributed by atoms with Gasteiger partial charge in [0.2, 0.25) is 0 Å². The molecule has 32 heavy (non-hydrogen) atoms. The van der Waals surface area contributed by atoms with Crippen molar-refractivity contribution in [1.82, 2.24) is 0 Å². The third-order valence-corrected chi connectivity index (χ3v) is 6.21. The molecule has 3 aromatic carbocycles. The lowest BCUT2D eigenvalue weighted by Crippen LogP contribution is -2.15. The average Bonchev–Trinajstić information content (AvgIpc) is 2.77. The first-order valence-corrected chi connectivity index (χ1v) is 11.5. The molecule has 0 aliphatic carbocycles. The van der Waals surface area contributed by atoms with Gasteiger partial charge < -0.3 is 10.1 Å². The minimum Gasteiger partial charge on any atom is -0.462 e. The first kappa shape index (κ1) is 23.3. The number of hydrogen-bond acceptors (Lipinski definition) is 5. The first-order chi connectivity index (χ1) is 15.2. The monoisotopic (exact) mass is 472 g/mol. The van der Waals surface area contributed by atoms with E-state index in [1.807, 2.05) is 0 Å². The van der Waals surface area contributed by atoms with Crippen LogP contribution in [0.4, 0.5) is 11.4 Å². The smallest absolute Gasteiger partial charge is 0.338 e. The minimum absolute atomic E-state index is 0.141. The van der Waals surface area contributed by atoms with Crippen LogP contribution < -0.4 is 10.0 Å². The Balaban J connectivity index is 1.75. The minimum atomic E-state index is -3.74. The average molecular weight is 473 g/mol. The molecule has 0 aromatic heterocycles. The summed E-state index contributed by atoms with van der Waals surface area (Å²) in [6.45, 7) is 3.64. The maximum Gasteiger partial charge on any atom is 0.338 e. The highest BCUT2D eigenvalue weighted by molar-refractivity contribution is 7.92. The van der Waals surface area contributed by atoms with E-state index < -0.39 is 21.9 Å². The van der Waals surface area contributed by atoms with Crippen LogP contribution in [-0.2, 0) is 14.8 Å². The summed E-state index contributed by atoms with van der Waals surface area (Å²) in [7, 11) is -3.74. The number of amides is 1. The van der Waals surface area contributed by atoms with Crippen molar-refractivity contribution in [1.29, 1.82) is 0 Å². The second kappa shape index (κ2) is 9.84. The molecule has 0 atom stereocenters. The van der Waals surface area contributed by atoms with Gasteiger partial charge in [0.05, 0.1) is 33.5 Å². The Kier molecular flexibility index (Phi) is 7.17. The fourth-order valence-electron chi connectivity index (χ4n) is 2.88. The number of ether oxygens (including phenoxy) is 1. The van der Waals surface area contributed by atoms with Crippen molar-refractivity contribution in [3.63, 3.8) is 0 Å². The molecule has 2 N–H and O–H groups in total. The van der Waals surface area contributed by atoms with E-state index in [9.17, 15) is 18.0 Å². The maximum absolute atomic E-state index is 12.7. The predicted octanol–water partition coefficient (Wildman–Crippen LogP) is 4.88. The van der Waals surface area contributed by atoms with Crippen molar-refractivity contribution < 1.29 is 22.7 Å². The molecule has 0 fully saturated rings. The molecule has 0 unspecified atom stereocenters. The Morgan fingerprint density at radius 3 is 2.22 bits per heavy atom. The Morgan fingerprint density at radius 1 is 0.938 bits per heavy atom. The molecule has 3 aromatic rings. The van der Waals surface area contributed by atoms with Crippen molar-refractivity contribution in [3.8, 4) is 0 Å². The van der Waals surface area contributed by atoms with Gasteiger partial charge in [-0.1, -0.05) is 29.8 Å². The largest absolute Gasteiger partial charge is 0.462 e. The number of carbonyl (C=O) groups excluding carboxylic acids is 2. The van der Waals surface area contributed by atoms with Crippen LogP contribution in [-0.4, -0.2) is 26.9 Å². The Labute approximate surface area is 191 Å². The fourth-order valence-corrected chi connectivity index (χ4v) is 4.25.